The molecule has 1 fully saturated rings. The number of rotatable bonds is 1. The van der Waals surface area contributed by atoms with Crippen molar-refractivity contribution in [3.63, 3.8) is 0 Å². The fourth-order valence-electron chi connectivity index (χ4n) is 2.22. The van der Waals surface area contributed by atoms with Gasteiger partial charge in [-0.3, -0.25) is 0 Å². The Morgan fingerprint density at radius 1 is 1.36 bits per heavy atom. The Balaban J connectivity index is 3.01. The number of hydrogen-bond donors (Lipinski definition) is 0. The summed E-state index contributed by atoms with van der Waals surface area (Å²) in [7, 11) is 0. The van der Waals surface area contributed by atoms with Crippen molar-refractivity contribution in [3.8, 4) is 0 Å². The summed E-state index contributed by atoms with van der Waals surface area (Å²) in [5, 5.41) is -0.650. The quantitative estimate of drug-likeness (QED) is 0.604. The molecule has 14 heavy (non-hydrogen) atoms. The van der Waals surface area contributed by atoms with Crippen molar-refractivity contribution in [3.05, 3.63) is 0 Å². The summed E-state index contributed by atoms with van der Waals surface area (Å²) in [6.07, 6.45) is 0.413. The van der Waals surface area contributed by atoms with Gasteiger partial charge in [0.15, 0.2) is 0 Å². The average Bonchev–Trinajstić information content (AvgIpc) is 1.98. The van der Waals surface area contributed by atoms with Crippen molar-refractivity contribution in [2.24, 2.45) is 11.8 Å². The fraction of sp³-hybridized carbons (Fsp3) is 1.00. The van der Waals surface area contributed by atoms with Crippen molar-refractivity contribution in [1.82, 2.24) is 0 Å². The van der Waals surface area contributed by atoms with Gasteiger partial charge < -0.3 is 0 Å². The van der Waals surface area contributed by atoms with Gasteiger partial charge in [0.2, 0.25) is 0 Å². The van der Waals surface area contributed by atoms with Gasteiger partial charge >= 0.3 is 0 Å². The Kier molecular flexibility index (Phi) is 3.38. The van der Waals surface area contributed by atoms with Crippen LogP contribution in [-0.4, -0.2) is 16.2 Å². The third-order valence-electron chi connectivity index (χ3n) is 3.07. The number of alkyl halides is 4. The zero-order valence-corrected chi connectivity index (χ0v) is 10.2. The molecule has 0 aromatic carbocycles. The van der Waals surface area contributed by atoms with Crippen molar-refractivity contribution >= 4 is 23.2 Å². The van der Waals surface area contributed by atoms with Crippen LogP contribution in [0.15, 0.2) is 0 Å². The van der Waals surface area contributed by atoms with E-state index in [1.807, 2.05) is 0 Å². The van der Waals surface area contributed by atoms with E-state index in [1.54, 1.807) is 20.8 Å². The third-order valence-corrected chi connectivity index (χ3v) is 4.68. The lowest BCUT2D eigenvalue weighted by atomic mass is 9.73. The van der Waals surface area contributed by atoms with Crippen molar-refractivity contribution in [1.29, 1.82) is 0 Å². The van der Waals surface area contributed by atoms with Crippen molar-refractivity contribution in [2.75, 3.05) is 0 Å². The lowest BCUT2D eigenvalue weighted by Crippen LogP contribution is -2.58. The molecule has 0 aromatic heterocycles. The summed E-state index contributed by atoms with van der Waals surface area (Å²) in [6.45, 7) is 5.19. The van der Waals surface area contributed by atoms with E-state index >= 15 is 0 Å². The Hall–Kier alpha value is 0.440. The van der Waals surface area contributed by atoms with E-state index in [0.29, 0.717) is 6.42 Å². The molecule has 0 heterocycles. The van der Waals surface area contributed by atoms with Gasteiger partial charge in [-0.25, -0.2) is 8.78 Å². The average molecular weight is 245 g/mol. The maximum absolute atomic E-state index is 13.8. The second-order valence-corrected chi connectivity index (χ2v) is 5.79. The Labute approximate surface area is 94.0 Å². The van der Waals surface area contributed by atoms with Crippen LogP contribution in [0.5, 0.6) is 0 Å². The largest absolute Gasteiger partial charge is 0.268 e. The second kappa shape index (κ2) is 3.79. The predicted molar refractivity (Wildman–Crippen MR) is 56.4 cm³/mol. The topological polar surface area (TPSA) is 0 Å². The van der Waals surface area contributed by atoms with E-state index in [-0.39, 0.29) is 18.3 Å². The zero-order valence-electron chi connectivity index (χ0n) is 8.66. The molecule has 0 aromatic rings. The Bertz CT molecular complexity index is 218. The molecular formula is C10H16Cl2F2. The summed E-state index contributed by atoms with van der Waals surface area (Å²) < 4.78 is 27.6. The minimum Gasteiger partial charge on any atom is -0.205 e. The van der Waals surface area contributed by atoms with E-state index in [9.17, 15) is 8.78 Å². The standard InChI is InChI=1S/C10H16Cl2F2/c1-6(2)10(12)8(11)4-7(3)5-9(10,13)14/h6-8H,4-5H2,1-3H3. The molecule has 0 bridgehead atoms. The molecule has 4 heteroatoms. The summed E-state index contributed by atoms with van der Waals surface area (Å²) in [5.41, 5.74) is 0. The van der Waals surface area contributed by atoms with E-state index in [1.165, 1.54) is 0 Å². The zero-order chi connectivity index (χ0) is 11.1. The van der Waals surface area contributed by atoms with E-state index in [4.69, 9.17) is 23.2 Å². The predicted octanol–water partition coefficient (Wildman–Crippen LogP) is 4.29. The summed E-state index contributed by atoms with van der Waals surface area (Å²) in [6, 6.07) is 0. The summed E-state index contributed by atoms with van der Waals surface area (Å²) in [5.74, 6) is -3.25. The van der Waals surface area contributed by atoms with Crippen molar-refractivity contribution < 1.29 is 8.78 Å². The molecule has 3 unspecified atom stereocenters. The molecule has 1 rings (SSSR count). The van der Waals surface area contributed by atoms with Gasteiger partial charge in [0.25, 0.3) is 5.92 Å². The Morgan fingerprint density at radius 3 is 2.21 bits per heavy atom. The normalized spacial score (nSPS) is 42.9. The van der Waals surface area contributed by atoms with E-state index in [2.05, 4.69) is 0 Å². The van der Waals surface area contributed by atoms with Gasteiger partial charge in [-0.15, -0.1) is 23.2 Å². The van der Waals surface area contributed by atoms with E-state index < -0.39 is 16.2 Å². The minimum absolute atomic E-state index is 0.0573. The lowest BCUT2D eigenvalue weighted by Gasteiger charge is -2.47. The maximum atomic E-state index is 13.8. The van der Waals surface area contributed by atoms with Gasteiger partial charge in [-0.1, -0.05) is 20.8 Å². The Morgan fingerprint density at radius 2 is 1.86 bits per heavy atom. The molecule has 0 saturated heterocycles. The van der Waals surface area contributed by atoms with Gasteiger partial charge in [0, 0.05) is 6.42 Å². The molecule has 0 nitrogen and oxygen atoms in total. The molecule has 0 radical (unpaired) electrons. The molecule has 1 aliphatic rings. The monoisotopic (exact) mass is 244 g/mol. The van der Waals surface area contributed by atoms with Gasteiger partial charge in [0.05, 0.1) is 5.38 Å². The first-order valence-corrected chi connectivity index (χ1v) is 5.74. The highest BCUT2D eigenvalue weighted by Gasteiger charge is 2.61. The van der Waals surface area contributed by atoms with Crippen LogP contribution in [0.25, 0.3) is 0 Å². The molecule has 84 valence electrons. The first-order valence-electron chi connectivity index (χ1n) is 4.92. The molecule has 1 saturated carbocycles. The maximum Gasteiger partial charge on any atom is 0.268 e. The molecule has 0 aliphatic heterocycles. The molecule has 3 atom stereocenters. The fourth-order valence-corrected chi connectivity index (χ4v) is 3.10. The van der Waals surface area contributed by atoms with Gasteiger partial charge in [0.1, 0.15) is 4.87 Å². The molecule has 0 N–H and O–H groups in total. The first kappa shape index (κ1) is 12.5. The highest BCUT2D eigenvalue weighted by atomic mass is 35.5. The molecule has 0 spiro atoms. The highest BCUT2D eigenvalue weighted by Crippen LogP contribution is 2.53. The van der Waals surface area contributed by atoms with Crippen LogP contribution in [0.2, 0.25) is 0 Å². The van der Waals surface area contributed by atoms with Crippen LogP contribution >= 0.6 is 23.2 Å². The van der Waals surface area contributed by atoms with Crippen LogP contribution in [-0.2, 0) is 0 Å². The summed E-state index contributed by atoms with van der Waals surface area (Å²) >= 11 is 12.0. The van der Waals surface area contributed by atoms with Crippen LogP contribution in [0.4, 0.5) is 8.78 Å². The van der Waals surface area contributed by atoms with Crippen molar-refractivity contribution in [2.45, 2.75) is 49.8 Å². The number of halogens is 4. The SMILES string of the molecule is CC1CC(Cl)C(Cl)(C(C)C)C(F)(F)C1. The molecule has 0 amide bonds. The molecular weight excluding hydrogens is 229 g/mol. The van der Waals surface area contributed by atoms with Crippen LogP contribution in [0.1, 0.15) is 33.6 Å². The third kappa shape index (κ3) is 1.76. The van der Waals surface area contributed by atoms with E-state index in [0.717, 1.165) is 0 Å². The lowest BCUT2D eigenvalue weighted by molar-refractivity contribution is -0.0966. The van der Waals surface area contributed by atoms with Gasteiger partial charge in [-0.05, 0) is 18.3 Å². The number of hydrogen-bond acceptors (Lipinski definition) is 0. The highest BCUT2D eigenvalue weighted by molar-refractivity contribution is 6.33. The van der Waals surface area contributed by atoms with Crippen LogP contribution in [0.3, 0.4) is 0 Å². The second-order valence-electron chi connectivity index (χ2n) is 4.64. The van der Waals surface area contributed by atoms with Crippen LogP contribution < -0.4 is 0 Å². The van der Waals surface area contributed by atoms with Crippen LogP contribution in [0, 0.1) is 11.8 Å². The summed E-state index contributed by atoms with van der Waals surface area (Å²) in [4.78, 5) is -1.58. The minimum atomic E-state index is -2.87. The molecule has 1 aliphatic carbocycles. The smallest absolute Gasteiger partial charge is 0.205 e. The first-order chi connectivity index (χ1) is 6.22. The van der Waals surface area contributed by atoms with Gasteiger partial charge in [-0.2, -0.15) is 0 Å².